The molecule has 0 aromatic rings. The van der Waals surface area contributed by atoms with Crippen LogP contribution in [0.3, 0.4) is 0 Å². The number of hydrogen-bond donors (Lipinski definition) is 1. The Morgan fingerprint density at radius 1 is 1.58 bits per heavy atom. The van der Waals surface area contributed by atoms with Crippen LogP contribution in [-0.4, -0.2) is 23.1 Å². The SMILES string of the molecule is O=C(O)CC1CCCCC(=O)O1. The number of carbonyl (C=O) groups is 2. The van der Waals surface area contributed by atoms with Gasteiger partial charge < -0.3 is 9.84 Å². The summed E-state index contributed by atoms with van der Waals surface area (Å²) in [5, 5.41) is 8.45. The van der Waals surface area contributed by atoms with Crippen LogP contribution in [0, 0.1) is 0 Å². The highest BCUT2D eigenvalue weighted by Crippen LogP contribution is 2.16. The lowest BCUT2D eigenvalue weighted by atomic mass is 10.1. The van der Waals surface area contributed by atoms with Gasteiger partial charge in [0.05, 0.1) is 6.42 Å². The Morgan fingerprint density at radius 3 is 3.00 bits per heavy atom. The molecule has 4 nitrogen and oxygen atoms in total. The number of carboxylic acids is 1. The second-order valence-electron chi connectivity index (χ2n) is 2.96. The quantitative estimate of drug-likeness (QED) is 0.630. The average molecular weight is 172 g/mol. The molecule has 1 rings (SSSR count). The van der Waals surface area contributed by atoms with Crippen LogP contribution in [0.1, 0.15) is 32.1 Å². The molecular weight excluding hydrogens is 160 g/mol. The zero-order chi connectivity index (χ0) is 8.97. The van der Waals surface area contributed by atoms with Gasteiger partial charge in [-0.2, -0.15) is 0 Å². The van der Waals surface area contributed by atoms with Crippen LogP contribution in [0.25, 0.3) is 0 Å². The number of hydrogen-bond acceptors (Lipinski definition) is 3. The monoisotopic (exact) mass is 172 g/mol. The van der Waals surface area contributed by atoms with E-state index in [1.54, 1.807) is 0 Å². The first-order chi connectivity index (χ1) is 5.68. The van der Waals surface area contributed by atoms with E-state index < -0.39 is 12.1 Å². The molecule has 0 radical (unpaired) electrons. The first-order valence-corrected chi connectivity index (χ1v) is 4.10. The molecule has 12 heavy (non-hydrogen) atoms. The highest BCUT2D eigenvalue weighted by atomic mass is 16.5. The summed E-state index contributed by atoms with van der Waals surface area (Å²) in [7, 11) is 0. The standard InChI is InChI=1S/C8H12O4/c9-7(10)5-6-3-1-2-4-8(11)12-6/h6H,1-5H2,(H,9,10). The lowest BCUT2D eigenvalue weighted by Gasteiger charge is -2.11. The van der Waals surface area contributed by atoms with E-state index in [4.69, 9.17) is 9.84 Å². The second-order valence-corrected chi connectivity index (χ2v) is 2.96. The third-order valence-corrected chi connectivity index (χ3v) is 1.86. The van der Waals surface area contributed by atoms with E-state index >= 15 is 0 Å². The zero-order valence-electron chi connectivity index (χ0n) is 6.78. The van der Waals surface area contributed by atoms with Gasteiger partial charge in [-0.1, -0.05) is 0 Å². The molecule has 1 N–H and O–H groups in total. The minimum atomic E-state index is -0.908. The molecule has 0 aromatic carbocycles. The summed E-state index contributed by atoms with van der Waals surface area (Å²) >= 11 is 0. The molecule has 1 unspecified atom stereocenters. The molecule has 1 aliphatic rings. The maximum Gasteiger partial charge on any atom is 0.307 e. The van der Waals surface area contributed by atoms with Crippen molar-refractivity contribution in [1.82, 2.24) is 0 Å². The fourth-order valence-corrected chi connectivity index (χ4v) is 1.28. The molecule has 1 aliphatic heterocycles. The predicted molar refractivity (Wildman–Crippen MR) is 40.6 cm³/mol. The molecule has 0 amide bonds. The Kier molecular flexibility index (Phi) is 3.08. The van der Waals surface area contributed by atoms with Crippen molar-refractivity contribution in [3.63, 3.8) is 0 Å². The normalized spacial score (nSPS) is 24.3. The fraction of sp³-hybridized carbons (Fsp3) is 0.750. The van der Waals surface area contributed by atoms with Gasteiger partial charge in [-0.05, 0) is 19.3 Å². The summed E-state index contributed by atoms with van der Waals surface area (Å²) < 4.78 is 4.90. The summed E-state index contributed by atoms with van der Waals surface area (Å²) in [5.41, 5.74) is 0. The smallest absolute Gasteiger partial charge is 0.307 e. The van der Waals surface area contributed by atoms with E-state index in [1.165, 1.54) is 0 Å². The minimum absolute atomic E-state index is 0.0638. The highest BCUT2D eigenvalue weighted by molar-refractivity contribution is 5.71. The Morgan fingerprint density at radius 2 is 2.33 bits per heavy atom. The average Bonchev–Trinajstić information content (AvgIpc) is 2.12. The Bertz CT molecular complexity index is 187. The number of carbonyl (C=O) groups excluding carboxylic acids is 1. The molecule has 0 aromatic heterocycles. The van der Waals surface area contributed by atoms with Gasteiger partial charge in [0.15, 0.2) is 0 Å². The lowest BCUT2D eigenvalue weighted by molar-refractivity contribution is -0.151. The van der Waals surface area contributed by atoms with Crippen LogP contribution in [0.5, 0.6) is 0 Å². The summed E-state index contributed by atoms with van der Waals surface area (Å²) in [4.78, 5) is 21.2. The van der Waals surface area contributed by atoms with E-state index in [0.29, 0.717) is 12.8 Å². The topological polar surface area (TPSA) is 63.6 Å². The maximum absolute atomic E-state index is 10.9. The summed E-state index contributed by atoms with van der Waals surface area (Å²) in [6, 6.07) is 0. The lowest BCUT2D eigenvalue weighted by Crippen LogP contribution is -2.19. The van der Waals surface area contributed by atoms with Crippen molar-refractivity contribution in [3.8, 4) is 0 Å². The van der Waals surface area contributed by atoms with Crippen molar-refractivity contribution in [2.75, 3.05) is 0 Å². The van der Waals surface area contributed by atoms with Crippen molar-refractivity contribution in [3.05, 3.63) is 0 Å². The molecule has 4 heteroatoms. The second kappa shape index (κ2) is 4.09. The van der Waals surface area contributed by atoms with Gasteiger partial charge in [-0.3, -0.25) is 9.59 Å². The molecule has 1 heterocycles. The van der Waals surface area contributed by atoms with E-state index in [9.17, 15) is 9.59 Å². The van der Waals surface area contributed by atoms with Crippen LogP contribution < -0.4 is 0 Å². The van der Waals surface area contributed by atoms with E-state index in [-0.39, 0.29) is 12.4 Å². The molecule has 0 saturated carbocycles. The van der Waals surface area contributed by atoms with E-state index in [1.807, 2.05) is 0 Å². The van der Waals surface area contributed by atoms with Crippen LogP contribution in [-0.2, 0) is 14.3 Å². The number of cyclic esters (lactones) is 1. The molecule has 1 atom stereocenters. The molecular formula is C8H12O4. The van der Waals surface area contributed by atoms with Gasteiger partial charge in [0.2, 0.25) is 0 Å². The van der Waals surface area contributed by atoms with Crippen molar-refractivity contribution >= 4 is 11.9 Å². The molecule has 68 valence electrons. The van der Waals surface area contributed by atoms with Gasteiger partial charge >= 0.3 is 11.9 Å². The van der Waals surface area contributed by atoms with Crippen LogP contribution in [0.2, 0.25) is 0 Å². The Balaban J connectivity index is 2.41. The highest BCUT2D eigenvalue weighted by Gasteiger charge is 2.20. The first-order valence-electron chi connectivity index (χ1n) is 4.10. The van der Waals surface area contributed by atoms with Crippen molar-refractivity contribution in [1.29, 1.82) is 0 Å². The summed E-state index contributed by atoms with van der Waals surface area (Å²) in [6.07, 6.45) is 2.33. The first kappa shape index (κ1) is 9.03. The Labute approximate surface area is 70.5 Å². The van der Waals surface area contributed by atoms with Crippen LogP contribution >= 0.6 is 0 Å². The van der Waals surface area contributed by atoms with Crippen molar-refractivity contribution in [2.24, 2.45) is 0 Å². The molecule has 0 bridgehead atoms. The Hall–Kier alpha value is -1.06. The molecule has 1 fully saturated rings. The van der Waals surface area contributed by atoms with Gasteiger partial charge in [0.25, 0.3) is 0 Å². The van der Waals surface area contributed by atoms with Gasteiger partial charge in [0, 0.05) is 6.42 Å². The third-order valence-electron chi connectivity index (χ3n) is 1.86. The molecule has 0 aliphatic carbocycles. The summed E-state index contributed by atoms with van der Waals surface area (Å²) in [5.74, 6) is -1.17. The van der Waals surface area contributed by atoms with Gasteiger partial charge in [-0.15, -0.1) is 0 Å². The molecule has 0 spiro atoms. The van der Waals surface area contributed by atoms with Crippen molar-refractivity contribution in [2.45, 2.75) is 38.2 Å². The number of aliphatic carboxylic acids is 1. The van der Waals surface area contributed by atoms with Crippen molar-refractivity contribution < 1.29 is 19.4 Å². The fourth-order valence-electron chi connectivity index (χ4n) is 1.28. The number of ether oxygens (including phenoxy) is 1. The van der Waals surface area contributed by atoms with Crippen LogP contribution in [0.15, 0.2) is 0 Å². The van der Waals surface area contributed by atoms with Gasteiger partial charge in [-0.25, -0.2) is 0 Å². The van der Waals surface area contributed by atoms with E-state index in [2.05, 4.69) is 0 Å². The van der Waals surface area contributed by atoms with Gasteiger partial charge in [0.1, 0.15) is 6.10 Å². The summed E-state index contributed by atoms with van der Waals surface area (Å²) in [6.45, 7) is 0. The van der Waals surface area contributed by atoms with Crippen LogP contribution in [0.4, 0.5) is 0 Å². The number of rotatable bonds is 2. The largest absolute Gasteiger partial charge is 0.481 e. The maximum atomic E-state index is 10.9. The third kappa shape index (κ3) is 2.90. The minimum Gasteiger partial charge on any atom is -0.481 e. The zero-order valence-corrected chi connectivity index (χ0v) is 6.78. The van der Waals surface area contributed by atoms with E-state index in [0.717, 1.165) is 12.8 Å². The molecule has 1 saturated heterocycles. The number of esters is 1. The number of carboxylic acid groups (broad SMARTS) is 1. The predicted octanol–water partition coefficient (Wildman–Crippen LogP) is 0.947.